The quantitative estimate of drug-likeness (QED) is 0.569. The fraction of sp³-hybridized carbons (Fsp3) is 0.238. The van der Waals surface area contributed by atoms with Gasteiger partial charge in [-0.3, -0.25) is 14.7 Å². The van der Waals surface area contributed by atoms with Gasteiger partial charge in [0.1, 0.15) is 12.4 Å². The van der Waals surface area contributed by atoms with Gasteiger partial charge in [-0.15, -0.1) is 0 Å². The average molecular weight is 466 g/mol. The SMILES string of the molecule is O=C1OC(COc2ccc(Cc3sc(=O)[nH]c3O)cc2)CN1c1ccc(C(F)(F)F)cc1. The lowest BCUT2D eigenvalue weighted by atomic mass is 10.1. The number of halogens is 3. The molecule has 32 heavy (non-hydrogen) atoms. The van der Waals surface area contributed by atoms with Gasteiger partial charge in [-0.2, -0.15) is 13.2 Å². The maximum Gasteiger partial charge on any atom is 0.416 e. The van der Waals surface area contributed by atoms with Crippen molar-refractivity contribution in [2.75, 3.05) is 18.1 Å². The summed E-state index contributed by atoms with van der Waals surface area (Å²) in [5, 5.41) is 9.66. The van der Waals surface area contributed by atoms with Crippen molar-refractivity contribution in [1.82, 2.24) is 4.98 Å². The number of hydrogen-bond acceptors (Lipinski definition) is 6. The predicted molar refractivity (Wildman–Crippen MR) is 110 cm³/mol. The number of cyclic esters (lactones) is 1. The topological polar surface area (TPSA) is 91.9 Å². The number of nitrogens with zero attached hydrogens (tertiary/aromatic N) is 1. The second-order valence-electron chi connectivity index (χ2n) is 7.08. The molecule has 1 saturated heterocycles. The molecular weight excluding hydrogens is 449 g/mol. The first-order valence-corrected chi connectivity index (χ1v) is 10.3. The van der Waals surface area contributed by atoms with E-state index in [9.17, 15) is 27.9 Å². The zero-order valence-corrected chi connectivity index (χ0v) is 17.2. The van der Waals surface area contributed by atoms with E-state index >= 15 is 0 Å². The molecular formula is C21H17F3N2O5S. The second kappa shape index (κ2) is 8.58. The number of aromatic hydroxyl groups is 1. The Bertz CT molecular complexity index is 1160. The lowest BCUT2D eigenvalue weighted by Gasteiger charge is -2.14. The monoisotopic (exact) mass is 466 g/mol. The minimum absolute atomic E-state index is 0.0719. The van der Waals surface area contributed by atoms with E-state index in [2.05, 4.69) is 4.98 Å². The van der Waals surface area contributed by atoms with Crippen LogP contribution in [0.1, 0.15) is 16.0 Å². The maximum atomic E-state index is 12.7. The van der Waals surface area contributed by atoms with E-state index in [0.29, 0.717) is 22.7 Å². The number of amides is 1. The minimum atomic E-state index is -4.45. The number of nitrogens with one attached hydrogen (secondary N) is 1. The summed E-state index contributed by atoms with van der Waals surface area (Å²) in [5.74, 6) is 0.394. The molecule has 0 spiro atoms. The molecule has 2 N–H and O–H groups in total. The third-order valence-corrected chi connectivity index (χ3v) is 5.68. The molecule has 11 heteroatoms. The highest BCUT2D eigenvalue weighted by Crippen LogP contribution is 2.31. The summed E-state index contributed by atoms with van der Waals surface area (Å²) in [6, 6.07) is 11.3. The molecule has 3 aromatic rings. The Hall–Kier alpha value is -3.47. The van der Waals surface area contributed by atoms with Gasteiger partial charge >= 0.3 is 17.1 Å². The first-order chi connectivity index (χ1) is 15.2. The Labute approximate surface area is 183 Å². The van der Waals surface area contributed by atoms with Crippen molar-refractivity contribution >= 4 is 23.1 Å². The van der Waals surface area contributed by atoms with Gasteiger partial charge < -0.3 is 14.6 Å². The molecule has 1 aliphatic heterocycles. The fourth-order valence-electron chi connectivity index (χ4n) is 3.20. The first kappa shape index (κ1) is 21.8. The molecule has 1 aliphatic rings. The number of carbonyl (C=O) groups excluding carboxylic acids is 1. The number of carbonyl (C=O) groups is 1. The van der Waals surface area contributed by atoms with E-state index in [0.717, 1.165) is 29.0 Å². The van der Waals surface area contributed by atoms with Gasteiger partial charge in [-0.25, -0.2) is 4.79 Å². The summed E-state index contributed by atoms with van der Waals surface area (Å²) in [6.45, 7) is 0.219. The number of aromatic amines is 1. The van der Waals surface area contributed by atoms with Crippen LogP contribution < -0.4 is 14.5 Å². The number of H-pyrrole nitrogens is 1. The highest BCUT2D eigenvalue weighted by Gasteiger charge is 2.34. The van der Waals surface area contributed by atoms with E-state index in [4.69, 9.17) is 9.47 Å². The summed E-state index contributed by atoms with van der Waals surface area (Å²) in [4.78, 5) is 27.1. The Morgan fingerprint density at radius 3 is 2.41 bits per heavy atom. The highest BCUT2D eigenvalue weighted by molar-refractivity contribution is 7.09. The van der Waals surface area contributed by atoms with Gasteiger partial charge in [0.2, 0.25) is 5.88 Å². The molecule has 1 amide bonds. The summed E-state index contributed by atoms with van der Waals surface area (Å²) in [6.07, 6.45) is -5.30. The van der Waals surface area contributed by atoms with E-state index in [1.54, 1.807) is 24.3 Å². The number of alkyl halides is 3. The van der Waals surface area contributed by atoms with Crippen molar-refractivity contribution in [3.63, 3.8) is 0 Å². The van der Waals surface area contributed by atoms with E-state index < -0.39 is 23.9 Å². The van der Waals surface area contributed by atoms with Gasteiger partial charge in [0.25, 0.3) is 0 Å². The summed E-state index contributed by atoms with van der Waals surface area (Å²) in [7, 11) is 0. The summed E-state index contributed by atoms with van der Waals surface area (Å²) >= 11 is 0.940. The van der Waals surface area contributed by atoms with Crippen LogP contribution in [0.5, 0.6) is 11.6 Å². The van der Waals surface area contributed by atoms with Crippen molar-refractivity contribution in [3.05, 3.63) is 74.2 Å². The van der Waals surface area contributed by atoms with Crippen molar-refractivity contribution in [3.8, 4) is 11.6 Å². The smallest absolute Gasteiger partial charge is 0.416 e. The van der Waals surface area contributed by atoms with Crippen LogP contribution in [0.15, 0.2) is 53.3 Å². The number of anilines is 1. The van der Waals surface area contributed by atoms with Crippen LogP contribution in [-0.2, 0) is 17.3 Å². The highest BCUT2D eigenvalue weighted by atomic mass is 32.1. The molecule has 168 valence electrons. The van der Waals surface area contributed by atoms with Crippen molar-refractivity contribution in [2.24, 2.45) is 0 Å². The lowest BCUT2D eigenvalue weighted by Crippen LogP contribution is -2.26. The molecule has 2 heterocycles. The molecule has 1 unspecified atom stereocenters. The largest absolute Gasteiger partial charge is 0.494 e. The van der Waals surface area contributed by atoms with Gasteiger partial charge in [-0.1, -0.05) is 23.5 Å². The zero-order valence-electron chi connectivity index (χ0n) is 16.4. The number of aromatic nitrogens is 1. The summed E-state index contributed by atoms with van der Waals surface area (Å²) in [5.41, 5.74) is 0.381. The fourth-order valence-corrected chi connectivity index (χ4v) is 3.96. The van der Waals surface area contributed by atoms with Crippen LogP contribution in [0.2, 0.25) is 0 Å². The Kier molecular flexibility index (Phi) is 5.83. The summed E-state index contributed by atoms with van der Waals surface area (Å²) < 4.78 is 49.0. The molecule has 0 bridgehead atoms. The Morgan fingerprint density at radius 1 is 1.12 bits per heavy atom. The molecule has 0 radical (unpaired) electrons. The van der Waals surface area contributed by atoms with Crippen LogP contribution in [0.4, 0.5) is 23.7 Å². The maximum absolute atomic E-state index is 12.7. The van der Waals surface area contributed by atoms with Gasteiger partial charge in [0, 0.05) is 12.1 Å². The van der Waals surface area contributed by atoms with Crippen molar-refractivity contribution in [2.45, 2.75) is 18.7 Å². The number of thiazole rings is 1. The molecule has 1 fully saturated rings. The van der Waals surface area contributed by atoms with Crippen LogP contribution in [-0.4, -0.2) is 35.4 Å². The number of benzene rings is 2. The van der Waals surface area contributed by atoms with E-state index in [-0.39, 0.29) is 23.9 Å². The van der Waals surface area contributed by atoms with Crippen LogP contribution in [0, 0.1) is 0 Å². The van der Waals surface area contributed by atoms with Crippen LogP contribution in [0.3, 0.4) is 0 Å². The molecule has 1 aromatic heterocycles. The predicted octanol–water partition coefficient (Wildman–Crippen LogP) is 4.16. The minimum Gasteiger partial charge on any atom is -0.494 e. The van der Waals surface area contributed by atoms with E-state index in [1.807, 2.05) is 0 Å². The van der Waals surface area contributed by atoms with Gasteiger partial charge in [0.05, 0.1) is 17.0 Å². The Morgan fingerprint density at radius 2 is 1.81 bits per heavy atom. The molecule has 0 aliphatic carbocycles. The molecule has 0 saturated carbocycles. The van der Waals surface area contributed by atoms with E-state index in [1.165, 1.54) is 17.0 Å². The molecule has 7 nitrogen and oxygen atoms in total. The van der Waals surface area contributed by atoms with Crippen LogP contribution in [0.25, 0.3) is 0 Å². The Balaban J connectivity index is 1.32. The first-order valence-electron chi connectivity index (χ1n) is 9.47. The number of ether oxygens (including phenoxy) is 2. The number of rotatable bonds is 6. The third kappa shape index (κ3) is 4.88. The van der Waals surface area contributed by atoms with Gasteiger partial charge in [-0.05, 0) is 42.0 Å². The second-order valence-corrected chi connectivity index (χ2v) is 8.15. The zero-order chi connectivity index (χ0) is 22.9. The van der Waals surface area contributed by atoms with Crippen molar-refractivity contribution < 1.29 is 32.5 Å². The molecule has 2 aromatic carbocycles. The lowest BCUT2D eigenvalue weighted by molar-refractivity contribution is -0.137. The number of hydrogen-bond donors (Lipinski definition) is 2. The molecule has 4 rings (SSSR count). The molecule has 1 atom stereocenters. The normalized spacial score (nSPS) is 16.3. The third-order valence-electron chi connectivity index (χ3n) is 4.80. The van der Waals surface area contributed by atoms with Crippen molar-refractivity contribution in [1.29, 1.82) is 0 Å². The standard InChI is InChI=1S/C21H17F3N2O5S/c22-21(23,24)13-3-5-14(6-4-13)26-10-16(31-20(26)29)11-30-15-7-1-12(2-8-15)9-17-18(27)25-19(28)32-17/h1-8,16,27H,9-11H2,(H,25,28). The van der Waals surface area contributed by atoms with Gasteiger partial charge in [0.15, 0.2) is 6.10 Å². The average Bonchev–Trinajstić information content (AvgIpc) is 3.27. The van der Waals surface area contributed by atoms with Crippen LogP contribution >= 0.6 is 11.3 Å².